The zero-order valence-electron chi connectivity index (χ0n) is 11.6. The first-order chi connectivity index (χ1) is 9.13. The number of hydrogen-bond donors (Lipinski definition) is 1. The van der Waals surface area contributed by atoms with Crippen LogP contribution in [0.4, 0.5) is 0 Å². The third-order valence-electron chi connectivity index (χ3n) is 3.95. The maximum Gasteiger partial charge on any atom is 0.309 e. The molecule has 2 N–H and O–H groups in total. The number of ether oxygens (including phenoxy) is 1. The molecule has 4 atom stereocenters. The molecule has 104 valence electrons. The molecular weight excluding hydrogens is 240 g/mol. The molecule has 1 aromatic heterocycles. The molecule has 0 amide bonds. The lowest BCUT2D eigenvalue weighted by Gasteiger charge is -2.17. The van der Waals surface area contributed by atoms with Crippen LogP contribution in [-0.4, -0.2) is 23.6 Å². The zero-order valence-corrected chi connectivity index (χ0v) is 11.6. The maximum absolute atomic E-state index is 11.9. The van der Waals surface area contributed by atoms with Crippen molar-refractivity contribution in [3.63, 3.8) is 0 Å². The molecule has 1 aliphatic carbocycles. The molecule has 4 heteroatoms. The van der Waals surface area contributed by atoms with Crippen molar-refractivity contribution >= 4 is 5.97 Å². The van der Waals surface area contributed by atoms with Gasteiger partial charge in [0, 0.05) is 23.9 Å². The predicted molar refractivity (Wildman–Crippen MR) is 73.5 cm³/mol. The molecular formula is C15H22N2O2. The molecule has 0 saturated heterocycles. The highest BCUT2D eigenvalue weighted by molar-refractivity contribution is 5.77. The molecule has 1 aromatic rings. The fraction of sp³-hybridized carbons (Fsp3) is 0.600. The lowest BCUT2D eigenvalue weighted by molar-refractivity contribution is -0.146. The van der Waals surface area contributed by atoms with Gasteiger partial charge in [0.25, 0.3) is 0 Å². The van der Waals surface area contributed by atoms with E-state index in [1.807, 2.05) is 18.2 Å². The monoisotopic (exact) mass is 262 g/mol. The van der Waals surface area contributed by atoms with Crippen LogP contribution in [0.1, 0.15) is 38.3 Å². The van der Waals surface area contributed by atoms with Crippen LogP contribution in [0.15, 0.2) is 24.4 Å². The molecule has 0 unspecified atom stereocenters. The average molecular weight is 262 g/mol. The minimum absolute atomic E-state index is 0.0287. The van der Waals surface area contributed by atoms with E-state index in [4.69, 9.17) is 10.5 Å². The van der Waals surface area contributed by atoms with Crippen molar-refractivity contribution in [2.45, 2.75) is 38.6 Å². The Morgan fingerprint density at radius 2 is 2.37 bits per heavy atom. The number of esters is 1. The lowest BCUT2D eigenvalue weighted by Crippen LogP contribution is -2.34. The molecule has 0 bridgehead atoms. The summed E-state index contributed by atoms with van der Waals surface area (Å²) in [5, 5.41) is 0. The molecule has 2 rings (SSSR count). The van der Waals surface area contributed by atoms with Crippen molar-refractivity contribution in [2.24, 2.45) is 17.6 Å². The fourth-order valence-electron chi connectivity index (χ4n) is 2.13. The van der Waals surface area contributed by atoms with Gasteiger partial charge in [-0.25, -0.2) is 0 Å². The number of rotatable bonds is 6. The Morgan fingerprint density at radius 3 is 3.00 bits per heavy atom. The summed E-state index contributed by atoms with van der Waals surface area (Å²) in [6.45, 7) is 4.48. The predicted octanol–water partition coefficient (Wildman–Crippen LogP) is 2.10. The molecule has 19 heavy (non-hydrogen) atoms. The van der Waals surface area contributed by atoms with E-state index in [0.717, 1.165) is 18.5 Å². The third-order valence-corrected chi connectivity index (χ3v) is 3.95. The largest absolute Gasteiger partial charge is 0.464 e. The van der Waals surface area contributed by atoms with E-state index >= 15 is 0 Å². The molecule has 1 saturated carbocycles. The number of nitrogens with zero attached hydrogens (tertiary/aromatic N) is 1. The number of hydrogen-bond acceptors (Lipinski definition) is 4. The first kappa shape index (κ1) is 14.0. The quantitative estimate of drug-likeness (QED) is 0.797. The van der Waals surface area contributed by atoms with E-state index in [0.29, 0.717) is 12.5 Å². The van der Waals surface area contributed by atoms with Gasteiger partial charge in [-0.2, -0.15) is 0 Å². The maximum atomic E-state index is 11.9. The first-order valence-corrected chi connectivity index (χ1v) is 6.96. The topological polar surface area (TPSA) is 65.2 Å². The van der Waals surface area contributed by atoms with Gasteiger partial charge in [-0.15, -0.1) is 0 Å². The van der Waals surface area contributed by atoms with Crippen LogP contribution < -0.4 is 5.73 Å². The van der Waals surface area contributed by atoms with Crippen molar-refractivity contribution < 1.29 is 9.53 Å². The van der Waals surface area contributed by atoms with E-state index < -0.39 is 0 Å². The number of pyridine rings is 1. The Morgan fingerprint density at radius 1 is 1.58 bits per heavy atom. The van der Waals surface area contributed by atoms with Gasteiger partial charge in [0.15, 0.2) is 0 Å². The van der Waals surface area contributed by atoms with Gasteiger partial charge in [0.1, 0.15) is 6.61 Å². The molecule has 1 heterocycles. The lowest BCUT2D eigenvalue weighted by atomic mass is 10.0. The standard InChI is InChI=1S/C15H22N2O2/c1-3-10(2)13(16)9-19-15(18)12-8-11(12)14-6-4-5-7-17-14/h4-7,10-13H,3,8-9,16H2,1-2H3/t10-,11+,12+,13+/m0/s1. The van der Waals surface area contributed by atoms with Crippen molar-refractivity contribution in [3.8, 4) is 0 Å². The zero-order chi connectivity index (χ0) is 13.8. The van der Waals surface area contributed by atoms with Gasteiger partial charge in [0.2, 0.25) is 0 Å². The highest BCUT2D eigenvalue weighted by Gasteiger charge is 2.46. The Bertz CT molecular complexity index is 421. The molecule has 1 aliphatic rings. The number of carbonyl (C=O) groups excluding carboxylic acids is 1. The molecule has 0 spiro atoms. The summed E-state index contributed by atoms with van der Waals surface area (Å²) in [5.41, 5.74) is 6.93. The summed E-state index contributed by atoms with van der Waals surface area (Å²) in [5.74, 6) is 0.445. The molecule has 4 nitrogen and oxygen atoms in total. The van der Waals surface area contributed by atoms with Crippen molar-refractivity contribution in [1.29, 1.82) is 0 Å². The molecule has 1 fully saturated rings. The second-order valence-electron chi connectivity index (χ2n) is 5.38. The van der Waals surface area contributed by atoms with Crippen molar-refractivity contribution in [2.75, 3.05) is 6.61 Å². The van der Waals surface area contributed by atoms with E-state index in [9.17, 15) is 4.79 Å². The summed E-state index contributed by atoms with van der Waals surface area (Å²) >= 11 is 0. The van der Waals surface area contributed by atoms with Crippen LogP contribution in [0.2, 0.25) is 0 Å². The Hall–Kier alpha value is -1.42. The van der Waals surface area contributed by atoms with Gasteiger partial charge in [0.05, 0.1) is 5.92 Å². The Labute approximate surface area is 114 Å². The van der Waals surface area contributed by atoms with Crippen LogP contribution in [0, 0.1) is 11.8 Å². The minimum atomic E-state index is -0.130. The first-order valence-electron chi connectivity index (χ1n) is 6.96. The Kier molecular flexibility index (Phi) is 4.53. The number of nitrogens with two attached hydrogens (primary N) is 1. The summed E-state index contributed by atoms with van der Waals surface area (Å²) in [4.78, 5) is 16.2. The van der Waals surface area contributed by atoms with E-state index in [-0.39, 0.29) is 23.8 Å². The van der Waals surface area contributed by atoms with Crippen molar-refractivity contribution in [1.82, 2.24) is 4.98 Å². The molecule has 0 radical (unpaired) electrons. The molecule has 0 aliphatic heterocycles. The van der Waals surface area contributed by atoms with Crippen LogP contribution in [0.25, 0.3) is 0 Å². The minimum Gasteiger partial charge on any atom is -0.464 e. The summed E-state index contributed by atoms with van der Waals surface area (Å²) in [6.07, 6.45) is 3.60. The average Bonchev–Trinajstić information content (AvgIpc) is 3.25. The van der Waals surface area contributed by atoms with E-state index in [1.54, 1.807) is 6.20 Å². The Balaban J connectivity index is 1.77. The van der Waals surface area contributed by atoms with Gasteiger partial charge >= 0.3 is 5.97 Å². The van der Waals surface area contributed by atoms with Crippen LogP contribution >= 0.6 is 0 Å². The highest BCUT2D eigenvalue weighted by atomic mass is 16.5. The normalized spacial score (nSPS) is 24.6. The van der Waals surface area contributed by atoms with Crippen LogP contribution in [0.5, 0.6) is 0 Å². The van der Waals surface area contributed by atoms with Crippen LogP contribution in [0.3, 0.4) is 0 Å². The third kappa shape index (κ3) is 3.53. The smallest absolute Gasteiger partial charge is 0.309 e. The summed E-state index contributed by atoms with van der Waals surface area (Å²) in [7, 11) is 0. The van der Waals surface area contributed by atoms with Crippen molar-refractivity contribution in [3.05, 3.63) is 30.1 Å². The second-order valence-corrected chi connectivity index (χ2v) is 5.38. The van der Waals surface area contributed by atoms with Gasteiger partial charge < -0.3 is 10.5 Å². The fourth-order valence-corrected chi connectivity index (χ4v) is 2.13. The summed E-state index contributed by atoms with van der Waals surface area (Å²) < 4.78 is 5.31. The second kappa shape index (κ2) is 6.15. The highest BCUT2D eigenvalue weighted by Crippen LogP contribution is 2.47. The summed E-state index contributed by atoms with van der Waals surface area (Å²) in [6, 6.07) is 5.72. The molecule has 0 aromatic carbocycles. The van der Waals surface area contributed by atoms with E-state index in [2.05, 4.69) is 18.8 Å². The number of aromatic nitrogens is 1. The van der Waals surface area contributed by atoms with Crippen LogP contribution in [-0.2, 0) is 9.53 Å². The van der Waals surface area contributed by atoms with Gasteiger partial charge in [-0.3, -0.25) is 9.78 Å². The SMILES string of the molecule is CC[C@H](C)[C@H](N)COC(=O)[C@@H]1C[C@H]1c1ccccn1. The van der Waals surface area contributed by atoms with E-state index in [1.165, 1.54) is 0 Å². The van der Waals surface area contributed by atoms with Gasteiger partial charge in [-0.1, -0.05) is 26.3 Å². The van der Waals surface area contributed by atoms with Gasteiger partial charge in [-0.05, 0) is 24.5 Å². The number of carbonyl (C=O) groups is 1.